The molecule has 5 heteroatoms. The van der Waals surface area contributed by atoms with Crippen LogP contribution in [0.25, 0.3) is 0 Å². The average molecular weight is 319 g/mol. The molecular formula is C18H26FN3O. The van der Waals surface area contributed by atoms with Gasteiger partial charge in [-0.1, -0.05) is 32.0 Å². The van der Waals surface area contributed by atoms with E-state index in [1.807, 2.05) is 12.1 Å². The molecule has 1 saturated carbocycles. The summed E-state index contributed by atoms with van der Waals surface area (Å²) in [5.41, 5.74) is 0.841. The normalized spacial score (nSPS) is 28.9. The predicted octanol–water partition coefficient (Wildman–Crippen LogP) is 2.35. The summed E-state index contributed by atoms with van der Waals surface area (Å²) in [7, 11) is 1.77. The van der Waals surface area contributed by atoms with Gasteiger partial charge in [-0.3, -0.25) is 4.99 Å². The van der Waals surface area contributed by atoms with E-state index in [2.05, 4.69) is 29.5 Å². The van der Waals surface area contributed by atoms with Crippen molar-refractivity contribution in [2.45, 2.75) is 38.8 Å². The Kier molecular flexibility index (Phi) is 4.57. The van der Waals surface area contributed by atoms with Crippen LogP contribution in [0.2, 0.25) is 0 Å². The van der Waals surface area contributed by atoms with E-state index in [1.165, 1.54) is 6.07 Å². The smallest absolute Gasteiger partial charge is 0.191 e. The van der Waals surface area contributed by atoms with Gasteiger partial charge in [0.1, 0.15) is 5.82 Å². The van der Waals surface area contributed by atoms with Crippen molar-refractivity contribution in [3.8, 4) is 0 Å². The summed E-state index contributed by atoms with van der Waals surface area (Å²) in [6, 6.07) is 7.27. The van der Waals surface area contributed by atoms with Crippen molar-refractivity contribution in [2.24, 2.45) is 16.3 Å². The molecule has 1 saturated heterocycles. The Morgan fingerprint density at radius 3 is 2.91 bits per heavy atom. The van der Waals surface area contributed by atoms with E-state index >= 15 is 0 Å². The molecule has 1 aliphatic carbocycles. The maximum atomic E-state index is 13.6. The summed E-state index contributed by atoms with van der Waals surface area (Å²) in [6.07, 6.45) is 2.10. The highest BCUT2D eigenvalue weighted by Crippen LogP contribution is 2.52. The zero-order valence-corrected chi connectivity index (χ0v) is 14.1. The summed E-state index contributed by atoms with van der Waals surface area (Å²) in [6.45, 7) is 5.99. The minimum atomic E-state index is -0.150. The number of halogens is 1. The van der Waals surface area contributed by atoms with Gasteiger partial charge >= 0.3 is 0 Å². The maximum absolute atomic E-state index is 13.6. The third-order valence-electron chi connectivity index (χ3n) is 5.26. The Hall–Kier alpha value is -1.62. The molecule has 2 N–H and O–H groups in total. The highest BCUT2D eigenvalue weighted by Gasteiger charge is 2.59. The molecule has 0 amide bonds. The van der Waals surface area contributed by atoms with Crippen molar-refractivity contribution in [1.82, 2.24) is 10.6 Å². The molecule has 2 fully saturated rings. The zero-order valence-electron chi connectivity index (χ0n) is 14.1. The van der Waals surface area contributed by atoms with Crippen LogP contribution in [0.5, 0.6) is 0 Å². The molecule has 2 aliphatic rings. The lowest BCUT2D eigenvalue weighted by Gasteiger charge is -2.54. The number of aliphatic imine (C=N–C) groups is 1. The first-order valence-corrected chi connectivity index (χ1v) is 8.36. The molecule has 1 heterocycles. The lowest BCUT2D eigenvalue weighted by molar-refractivity contribution is -0.106. The molecule has 0 spiro atoms. The van der Waals surface area contributed by atoms with Crippen molar-refractivity contribution in [1.29, 1.82) is 0 Å². The first-order chi connectivity index (χ1) is 11.0. The van der Waals surface area contributed by atoms with Gasteiger partial charge in [-0.15, -0.1) is 0 Å². The highest BCUT2D eigenvalue weighted by atomic mass is 19.1. The lowest BCUT2D eigenvalue weighted by atomic mass is 9.57. The monoisotopic (exact) mass is 319 g/mol. The second kappa shape index (κ2) is 6.48. The van der Waals surface area contributed by atoms with Crippen molar-refractivity contribution in [3.63, 3.8) is 0 Å². The standard InChI is InChI=1S/C18H26FN3O/c1-18(2)15(13-9-11-23-16(13)18)22-17(20-3)21-10-8-12-6-4-5-7-14(12)19/h4-7,13,15-16H,8-11H2,1-3H3,(H2,20,21,22). The molecule has 0 aromatic heterocycles. The fraction of sp³-hybridized carbons (Fsp3) is 0.611. The third kappa shape index (κ3) is 3.07. The largest absolute Gasteiger partial charge is 0.377 e. The highest BCUT2D eigenvalue weighted by molar-refractivity contribution is 5.80. The molecular weight excluding hydrogens is 293 g/mol. The topological polar surface area (TPSA) is 45.7 Å². The number of hydrogen-bond donors (Lipinski definition) is 2. The molecule has 1 aliphatic heterocycles. The Balaban J connectivity index is 1.52. The van der Waals surface area contributed by atoms with Crippen molar-refractivity contribution >= 4 is 5.96 Å². The molecule has 0 bridgehead atoms. The van der Waals surface area contributed by atoms with Gasteiger partial charge < -0.3 is 15.4 Å². The van der Waals surface area contributed by atoms with Crippen LogP contribution in [-0.4, -0.2) is 38.3 Å². The first kappa shape index (κ1) is 16.2. The molecule has 126 valence electrons. The van der Waals surface area contributed by atoms with Gasteiger partial charge in [0.05, 0.1) is 6.10 Å². The number of nitrogens with one attached hydrogen (secondary N) is 2. The summed E-state index contributed by atoms with van der Waals surface area (Å²) in [4.78, 5) is 4.30. The number of rotatable bonds is 4. The second-order valence-electron chi connectivity index (χ2n) is 7.03. The van der Waals surface area contributed by atoms with E-state index in [4.69, 9.17) is 4.74 Å². The number of ether oxygens (including phenoxy) is 1. The lowest BCUT2D eigenvalue weighted by Crippen LogP contribution is -2.68. The van der Waals surface area contributed by atoms with Crippen LogP contribution in [0.1, 0.15) is 25.8 Å². The fourth-order valence-electron chi connectivity index (χ4n) is 3.98. The molecule has 1 aromatic carbocycles. The van der Waals surface area contributed by atoms with Crippen LogP contribution in [0, 0.1) is 17.2 Å². The SMILES string of the molecule is CN=C(NCCc1ccccc1F)NC1C2CCOC2C1(C)C. The van der Waals surface area contributed by atoms with Crippen LogP contribution in [0.4, 0.5) is 4.39 Å². The number of benzene rings is 1. The molecule has 23 heavy (non-hydrogen) atoms. The van der Waals surface area contributed by atoms with Crippen molar-refractivity contribution < 1.29 is 9.13 Å². The summed E-state index contributed by atoms with van der Waals surface area (Å²) in [5.74, 6) is 1.20. The van der Waals surface area contributed by atoms with E-state index < -0.39 is 0 Å². The molecule has 3 unspecified atom stereocenters. The molecule has 4 nitrogen and oxygen atoms in total. The number of nitrogens with zero attached hydrogens (tertiary/aromatic N) is 1. The van der Waals surface area contributed by atoms with Gasteiger partial charge in [0, 0.05) is 37.6 Å². The number of hydrogen-bond acceptors (Lipinski definition) is 2. The van der Waals surface area contributed by atoms with Crippen LogP contribution in [0.3, 0.4) is 0 Å². The second-order valence-corrected chi connectivity index (χ2v) is 7.03. The maximum Gasteiger partial charge on any atom is 0.191 e. The fourth-order valence-corrected chi connectivity index (χ4v) is 3.98. The zero-order chi connectivity index (χ0) is 16.4. The molecule has 1 aromatic rings. The van der Waals surface area contributed by atoms with Gasteiger partial charge in [-0.25, -0.2) is 4.39 Å². The Morgan fingerprint density at radius 2 is 2.17 bits per heavy atom. The summed E-state index contributed by atoms with van der Waals surface area (Å²) in [5, 5.41) is 6.82. The quantitative estimate of drug-likeness (QED) is 0.661. The van der Waals surface area contributed by atoms with Gasteiger partial charge in [0.15, 0.2) is 5.96 Å². The van der Waals surface area contributed by atoms with Gasteiger partial charge in [-0.2, -0.15) is 0 Å². The summed E-state index contributed by atoms with van der Waals surface area (Å²) < 4.78 is 19.5. The van der Waals surface area contributed by atoms with Crippen molar-refractivity contribution in [2.75, 3.05) is 20.2 Å². The van der Waals surface area contributed by atoms with Gasteiger partial charge in [0.2, 0.25) is 0 Å². The number of guanidine groups is 1. The van der Waals surface area contributed by atoms with Gasteiger partial charge in [0.25, 0.3) is 0 Å². The van der Waals surface area contributed by atoms with Crippen LogP contribution in [-0.2, 0) is 11.2 Å². The van der Waals surface area contributed by atoms with Gasteiger partial charge in [-0.05, 0) is 24.5 Å². The Bertz CT molecular complexity index is 587. The van der Waals surface area contributed by atoms with Crippen LogP contribution in [0.15, 0.2) is 29.3 Å². The van der Waals surface area contributed by atoms with E-state index in [0.717, 1.165) is 24.6 Å². The average Bonchev–Trinajstić information content (AvgIpc) is 2.99. The number of fused-ring (bicyclic) bond motifs is 1. The third-order valence-corrected chi connectivity index (χ3v) is 5.26. The first-order valence-electron chi connectivity index (χ1n) is 8.36. The molecule has 3 rings (SSSR count). The minimum absolute atomic E-state index is 0.115. The van der Waals surface area contributed by atoms with E-state index in [0.29, 0.717) is 31.0 Å². The van der Waals surface area contributed by atoms with E-state index in [1.54, 1.807) is 13.1 Å². The van der Waals surface area contributed by atoms with Crippen molar-refractivity contribution in [3.05, 3.63) is 35.6 Å². The minimum Gasteiger partial charge on any atom is -0.377 e. The van der Waals surface area contributed by atoms with E-state index in [9.17, 15) is 4.39 Å². The van der Waals surface area contributed by atoms with E-state index in [-0.39, 0.29) is 11.2 Å². The Morgan fingerprint density at radius 1 is 1.39 bits per heavy atom. The summed E-state index contributed by atoms with van der Waals surface area (Å²) >= 11 is 0. The van der Waals surface area contributed by atoms with Crippen LogP contribution >= 0.6 is 0 Å². The molecule has 0 radical (unpaired) electrons. The predicted molar refractivity (Wildman–Crippen MR) is 90.0 cm³/mol. The van der Waals surface area contributed by atoms with Crippen LogP contribution < -0.4 is 10.6 Å². The molecule has 3 atom stereocenters. The Labute approximate surface area is 137 Å².